The number of hydrogen-bond donors (Lipinski definition) is 1. The molecule has 1 atom stereocenters. The number of hydrogen-bond acceptors (Lipinski definition) is 6. The molecular weight excluding hydrogens is 280 g/mol. The quantitative estimate of drug-likeness (QED) is 0.911. The first-order valence-electron chi connectivity index (χ1n) is 7.62. The molecule has 0 bridgehead atoms. The van der Waals surface area contributed by atoms with E-state index in [9.17, 15) is 5.11 Å². The summed E-state index contributed by atoms with van der Waals surface area (Å²) < 4.78 is 5.34. The maximum absolute atomic E-state index is 9.47. The second-order valence-corrected chi connectivity index (χ2v) is 5.76. The highest BCUT2D eigenvalue weighted by Crippen LogP contribution is 2.26. The third kappa shape index (κ3) is 2.92. The fourth-order valence-corrected chi connectivity index (χ4v) is 2.94. The lowest BCUT2D eigenvalue weighted by Gasteiger charge is -2.25. The average molecular weight is 302 g/mol. The Morgan fingerprint density at radius 2 is 2.32 bits per heavy atom. The highest BCUT2D eigenvalue weighted by atomic mass is 16.3. The van der Waals surface area contributed by atoms with Crippen molar-refractivity contribution in [1.82, 2.24) is 9.97 Å². The second kappa shape index (κ2) is 6.36. The van der Waals surface area contributed by atoms with Crippen molar-refractivity contribution >= 4 is 11.6 Å². The minimum atomic E-state index is 0.170. The molecule has 0 amide bonds. The number of anilines is 2. The number of aliphatic hydroxyl groups is 1. The van der Waals surface area contributed by atoms with E-state index in [0.29, 0.717) is 0 Å². The molecule has 0 unspecified atom stereocenters. The van der Waals surface area contributed by atoms with Crippen LogP contribution in [0.4, 0.5) is 11.6 Å². The van der Waals surface area contributed by atoms with Gasteiger partial charge in [-0.2, -0.15) is 0 Å². The molecule has 0 aliphatic carbocycles. The molecule has 22 heavy (non-hydrogen) atoms. The van der Waals surface area contributed by atoms with Crippen LogP contribution in [0.25, 0.3) is 0 Å². The Balaban J connectivity index is 1.77. The molecule has 1 N–H and O–H groups in total. The van der Waals surface area contributed by atoms with Gasteiger partial charge in [0.05, 0.1) is 18.9 Å². The highest BCUT2D eigenvalue weighted by Gasteiger charge is 2.25. The average Bonchev–Trinajstić information content (AvgIpc) is 3.16. The molecule has 1 saturated heterocycles. The molecule has 1 aliphatic rings. The molecule has 1 fully saturated rings. The Bertz CT molecular complexity index is 628. The van der Waals surface area contributed by atoms with Gasteiger partial charge in [0.2, 0.25) is 0 Å². The van der Waals surface area contributed by atoms with Crippen LogP contribution in [0.3, 0.4) is 0 Å². The molecule has 2 aromatic rings. The van der Waals surface area contributed by atoms with Gasteiger partial charge in [0.25, 0.3) is 0 Å². The molecule has 0 spiro atoms. The lowest BCUT2D eigenvalue weighted by Crippen LogP contribution is -2.33. The van der Waals surface area contributed by atoms with E-state index in [2.05, 4.69) is 19.8 Å². The largest absolute Gasteiger partial charge is 0.469 e. The van der Waals surface area contributed by atoms with Crippen LogP contribution in [0, 0.1) is 6.92 Å². The molecular formula is C16H22N4O2. The molecule has 118 valence electrons. The molecule has 2 aromatic heterocycles. The molecule has 3 rings (SSSR count). The summed E-state index contributed by atoms with van der Waals surface area (Å²) in [6.07, 6.45) is 5.41. The van der Waals surface area contributed by atoms with Gasteiger partial charge in [-0.3, -0.25) is 0 Å². The molecule has 3 heterocycles. The van der Waals surface area contributed by atoms with Crippen LogP contribution in [0.1, 0.15) is 24.2 Å². The van der Waals surface area contributed by atoms with E-state index in [1.165, 1.54) is 0 Å². The summed E-state index contributed by atoms with van der Waals surface area (Å²) in [5.41, 5.74) is 1.15. The predicted molar refractivity (Wildman–Crippen MR) is 85.0 cm³/mol. The van der Waals surface area contributed by atoms with Gasteiger partial charge in [0.15, 0.2) is 0 Å². The first kappa shape index (κ1) is 14.8. The Hall–Kier alpha value is -2.08. The Kier molecular flexibility index (Phi) is 4.29. The number of aromatic nitrogens is 2. The second-order valence-electron chi connectivity index (χ2n) is 5.76. The lowest BCUT2D eigenvalue weighted by atomic mass is 10.2. The zero-order valence-corrected chi connectivity index (χ0v) is 13.1. The number of furan rings is 1. The van der Waals surface area contributed by atoms with Gasteiger partial charge in [0.1, 0.15) is 23.7 Å². The molecule has 1 aliphatic heterocycles. The van der Waals surface area contributed by atoms with Gasteiger partial charge >= 0.3 is 0 Å². The SMILES string of the molecule is Cc1occc1CN(C)c1cc(N2CCC[C@@H]2CO)ncn1. The van der Waals surface area contributed by atoms with Gasteiger partial charge in [-0.1, -0.05) is 0 Å². The fraction of sp³-hybridized carbons (Fsp3) is 0.500. The summed E-state index contributed by atoms with van der Waals surface area (Å²) >= 11 is 0. The maximum Gasteiger partial charge on any atom is 0.134 e. The zero-order valence-electron chi connectivity index (χ0n) is 13.1. The van der Waals surface area contributed by atoms with Crippen molar-refractivity contribution in [1.29, 1.82) is 0 Å². The molecule has 0 radical (unpaired) electrons. The fourth-order valence-electron chi connectivity index (χ4n) is 2.94. The van der Waals surface area contributed by atoms with Crippen molar-refractivity contribution < 1.29 is 9.52 Å². The number of nitrogens with zero attached hydrogens (tertiary/aromatic N) is 4. The van der Waals surface area contributed by atoms with E-state index in [1.807, 2.05) is 26.1 Å². The zero-order chi connectivity index (χ0) is 15.5. The summed E-state index contributed by atoms with van der Waals surface area (Å²) in [4.78, 5) is 13.0. The first-order chi connectivity index (χ1) is 10.7. The highest BCUT2D eigenvalue weighted by molar-refractivity contribution is 5.51. The van der Waals surface area contributed by atoms with Crippen molar-refractivity contribution in [3.8, 4) is 0 Å². The smallest absolute Gasteiger partial charge is 0.134 e. The van der Waals surface area contributed by atoms with E-state index in [-0.39, 0.29) is 12.6 Å². The lowest BCUT2D eigenvalue weighted by molar-refractivity contribution is 0.266. The Morgan fingerprint density at radius 3 is 3.05 bits per heavy atom. The van der Waals surface area contributed by atoms with Gasteiger partial charge in [-0.05, 0) is 25.8 Å². The van der Waals surface area contributed by atoms with Gasteiger partial charge in [-0.25, -0.2) is 9.97 Å². The third-order valence-electron chi connectivity index (χ3n) is 4.29. The van der Waals surface area contributed by atoms with Crippen LogP contribution in [-0.4, -0.2) is 41.3 Å². The normalized spacial score (nSPS) is 18.0. The van der Waals surface area contributed by atoms with Crippen molar-refractivity contribution in [3.05, 3.63) is 36.0 Å². The van der Waals surface area contributed by atoms with Crippen LogP contribution in [0.5, 0.6) is 0 Å². The predicted octanol–water partition coefficient (Wildman–Crippen LogP) is 1.98. The van der Waals surface area contributed by atoms with E-state index in [4.69, 9.17) is 4.42 Å². The summed E-state index contributed by atoms with van der Waals surface area (Å²) in [5, 5.41) is 9.47. The van der Waals surface area contributed by atoms with Gasteiger partial charge in [-0.15, -0.1) is 0 Å². The van der Waals surface area contributed by atoms with E-state index < -0.39 is 0 Å². The van der Waals surface area contributed by atoms with Crippen LogP contribution < -0.4 is 9.80 Å². The van der Waals surface area contributed by atoms with Gasteiger partial charge in [0, 0.05) is 31.8 Å². The standard InChI is InChI=1S/C16H22N4O2/c1-12-13(5-7-22-12)9-19(2)15-8-16(18-11-17-15)20-6-3-4-14(20)10-21/h5,7-8,11,14,21H,3-4,6,9-10H2,1-2H3/t14-/m1/s1. The maximum atomic E-state index is 9.47. The third-order valence-corrected chi connectivity index (χ3v) is 4.29. The summed E-state index contributed by atoms with van der Waals surface area (Å²) in [6, 6.07) is 4.14. The van der Waals surface area contributed by atoms with E-state index >= 15 is 0 Å². The number of aliphatic hydroxyl groups excluding tert-OH is 1. The number of rotatable bonds is 5. The molecule has 6 heteroatoms. The molecule has 0 aromatic carbocycles. The first-order valence-corrected chi connectivity index (χ1v) is 7.62. The Labute approximate surface area is 130 Å². The summed E-state index contributed by atoms with van der Waals surface area (Å²) in [6.45, 7) is 3.81. The minimum Gasteiger partial charge on any atom is -0.469 e. The van der Waals surface area contributed by atoms with E-state index in [1.54, 1.807) is 12.6 Å². The van der Waals surface area contributed by atoms with Crippen LogP contribution >= 0.6 is 0 Å². The van der Waals surface area contributed by atoms with Gasteiger partial charge < -0.3 is 19.3 Å². The number of aryl methyl sites for hydroxylation is 1. The van der Waals surface area contributed by atoms with Crippen molar-refractivity contribution in [2.24, 2.45) is 0 Å². The monoisotopic (exact) mass is 302 g/mol. The van der Waals surface area contributed by atoms with Crippen LogP contribution in [0.15, 0.2) is 29.1 Å². The Morgan fingerprint density at radius 1 is 1.45 bits per heavy atom. The summed E-state index contributed by atoms with van der Waals surface area (Å²) in [5.74, 6) is 2.69. The van der Waals surface area contributed by atoms with Crippen molar-refractivity contribution in [3.63, 3.8) is 0 Å². The minimum absolute atomic E-state index is 0.170. The van der Waals surface area contributed by atoms with E-state index in [0.717, 1.165) is 48.9 Å². The van der Waals surface area contributed by atoms with Crippen molar-refractivity contribution in [2.75, 3.05) is 30.0 Å². The van der Waals surface area contributed by atoms with Crippen LogP contribution in [0.2, 0.25) is 0 Å². The summed E-state index contributed by atoms with van der Waals surface area (Å²) in [7, 11) is 2.01. The molecule has 6 nitrogen and oxygen atoms in total. The molecule has 0 saturated carbocycles. The van der Waals surface area contributed by atoms with Crippen molar-refractivity contribution in [2.45, 2.75) is 32.4 Å². The van der Waals surface area contributed by atoms with Crippen LogP contribution in [-0.2, 0) is 6.54 Å². The topological polar surface area (TPSA) is 65.6 Å².